The van der Waals surface area contributed by atoms with Crippen molar-refractivity contribution in [3.63, 3.8) is 0 Å². The molecule has 0 aliphatic rings. The highest BCUT2D eigenvalue weighted by Gasteiger charge is 2.66. The van der Waals surface area contributed by atoms with E-state index in [1.165, 1.54) is 24.3 Å². The number of amides is 1. The van der Waals surface area contributed by atoms with Crippen molar-refractivity contribution in [2.45, 2.75) is 18.5 Å². The summed E-state index contributed by atoms with van der Waals surface area (Å²) in [6, 6.07) is 7.59. The van der Waals surface area contributed by atoms with E-state index in [1.54, 1.807) is 6.07 Å². The lowest BCUT2D eigenvalue weighted by Gasteiger charge is -2.25. The molecule has 136 valence electrons. The summed E-state index contributed by atoms with van der Waals surface area (Å²) in [5.74, 6) is -8.26. The number of aromatic nitrogens is 2. The number of halogens is 6. The SMILES string of the molecule is Cn1nc(-c2ccccc2)c(C(N)=O)c1OC(F)(F)C(F)(F)C(F)F. The van der Waals surface area contributed by atoms with Gasteiger partial charge in [-0.3, -0.25) is 4.79 Å². The van der Waals surface area contributed by atoms with Gasteiger partial charge in [-0.1, -0.05) is 30.3 Å². The van der Waals surface area contributed by atoms with Crippen LogP contribution in [-0.4, -0.2) is 34.1 Å². The second-order valence-electron chi connectivity index (χ2n) is 4.93. The molecule has 0 saturated heterocycles. The topological polar surface area (TPSA) is 70.1 Å². The van der Waals surface area contributed by atoms with E-state index >= 15 is 0 Å². The van der Waals surface area contributed by atoms with Gasteiger partial charge in [-0.05, 0) is 0 Å². The largest absolute Gasteiger partial charge is 0.471 e. The van der Waals surface area contributed by atoms with E-state index < -0.39 is 35.8 Å². The maximum atomic E-state index is 13.5. The summed E-state index contributed by atoms with van der Waals surface area (Å²) in [6.45, 7) is 0. The lowest BCUT2D eigenvalue weighted by atomic mass is 10.1. The van der Waals surface area contributed by atoms with Crippen LogP contribution in [0.4, 0.5) is 26.3 Å². The molecule has 0 unspecified atom stereocenters. The molecule has 1 amide bonds. The number of hydrogen-bond acceptors (Lipinski definition) is 3. The first-order valence-electron chi connectivity index (χ1n) is 6.64. The Hall–Kier alpha value is -2.72. The number of rotatable bonds is 6. The number of hydrogen-bond donors (Lipinski definition) is 1. The van der Waals surface area contributed by atoms with Crippen molar-refractivity contribution in [1.29, 1.82) is 0 Å². The minimum atomic E-state index is -5.79. The minimum absolute atomic E-state index is 0.221. The van der Waals surface area contributed by atoms with E-state index in [2.05, 4.69) is 9.84 Å². The highest BCUT2D eigenvalue weighted by atomic mass is 19.3. The molecule has 5 nitrogen and oxygen atoms in total. The molecule has 2 rings (SSSR count). The molecular formula is C14H11F6N3O2. The van der Waals surface area contributed by atoms with E-state index in [0.717, 1.165) is 7.05 Å². The van der Waals surface area contributed by atoms with Gasteiger partial charge in [-0.15, -0.1) is 0 Å². The van der Waals surface area contributed by atoms with Crippen LogP contribution in [0.3, 0.4) is 0 Å². The maximum Gasteiger partial charge on any atom is 0.471 e. The Kier molecular flexibility index (Phi) is 4.69. The Morgan fingerprint density at radius 2 is 1.76 bits per heavy atom. The first kappa shape index (κ1) is 18.6. The van der Waals surface area contributed by atoms with E-state index in [9.17, 15) is 31.1 Å². The number of ether oxygens (including phenoxy) is 1. The van der Waals surface area contributed by atoms with Gasteiger partial charge in [0.15, 0.2) is 0 Å². The first-order valence-corrected chi connectivity index (χ1v) is 6.64. The summed E-state index contributed by atoms with van der Waals surface area (Å²) in [5, 5.41) is 3.74. The number of aryl methyl sites for hydroxylation is 1. The standard InChI is InChI=1S/C14H11F6N3O2/c1-23-11(25-14(19,20)13(17,18)12(15)16)8(10(21)24)9(22-23)7-5-3-2-4-6-7/h2-6,12H,1H3,(H2,21,24). The highest BCUT2D eigenvalue weighted by Crippen LogP contribution is 2.42. The molecular weight excluding hydrogens is 356 g/mol. The van der Waals surface area contributed by atoms with Crippen LogP contribution in [-0.2, 0) is 7.05 Å². The van der Waals surface area contributed by atoms with Crippen LogP contribution >= 0.6 is 0 Å². The van der Waals surface area contributed by atoms with Crippen LogP contribution in [0.1, 0.15) is 10.4 Å². The third-order valence-electron chi connectivity index (χ3n) is 3.18. The molecule has 0 fully saturated rings. The first-order chi connectivity index (χ1) is 11.5. The molecule has 0 saturated carbocycles. The molecule has 1 heterocycles. The van der Waals surface area contributed by atoms with E-state index in [0.29, 0.717) is 4.68 Å². The van der Waals surface area contributed by atoms with Crippen LogP contribution in [0.25, 0.3) is 11.3 Å². The Balaban J connectivity index is 2.56. The van der Waals surface area contributed by atoms with Gasteiger partial charge in [0, 0.05) is 12.6 Å². The number of primary amides is 1. The normalized spacial score (nSPS) is 12.5. The number of carbonyl (C=O) groups excluding carboxylic acids is 1. The molecule has 0 bridgehead atoms. The van der Waals surface area contributed by atoms with Crippen molar-refractivity contribution in [3.8, 4) is 17.1 Å². The maximum absolute atomic E-state index is 13.5. The van der Waals surface area contributed by atoms with E-state index in [4.69, 9.17) is 5.73 Å². The Morgan fingerprint density at radius 3 is 2.24 bits per heavy atom. The smallest absolute Gasteiger partial charge is 0.409 e. The lowest BCUT2D eigenvalue weighted by Crippen LogP contribution is -2.50. The van der Waals surface area contributed by atoms with Gasteiger partial charge in [0.05, 0.1) is 0 Å². The van der Waals surface area contributed by atoms with Crippen LogP contribution in [0.5, 0.6) is 5.88 Å². The number of alkyl halides is 6. The summed E-state index contributed by atoms with van der Waals surface area (Å²) in [7, 11) is 1.00. The summed E-state index contributed by atoms with van der Waals surface area (Å²) >= 11 is 0. The second kappa shape index (κ2) is 6.30. The summed E-state index contributed by atoms with van der Waals surface area (Å²) in [4.78, 5) is 11.6. The van der Waals surface area contributed by atoms with E-state index in [1.807, 2.05) is 0 Å². The predicted octanol–water partition coefficient (Wildman–Crippen LogP) is 3.06. The number of nitrogens with two attached hydrogens (primary N) is 1. The summed E-state index contributed by atoms with van der Waals surface area (Å²) < 4.78 is 81.9. The lowest BCUT2D eigenvalue weighted by molar-refractivity contribution is -0.343. The fraction of sp³-hybridized carbons (Fsp3) is 0.286. The van der Waals surface area contributed by atoms with Crippen LogP contribution in [0.2, 0.25) is 0 Å². The zero-order valence-corrected chi connectivity index (χ0v) is 12.5. The quantitative estimate of drug-likeness (QED) is 0.798. The highest BCUT2D eigenvalue weighted by molar-refractivity contribution is 6.01. The third kappa shape index (κ3) is 3.26. The van der Waals surface area contributed by atoms with Gasteiger partial charge >= 0.3 is 18.5 Å². The second-order valence-corrected chi connectivity index (χ2v) is 4.93. The summed E-state index contributed by atoms with van der Waals surface area (Å²) in [6.07, 6.45) is -10.3. The van der Waals surface area contributed by atoms with Crippen molar-refractivity contribution in [2.75, 3.05) is 0 Å². The zero-order chi connectivity index (χ0) is 19.0. The molecule has 0 atom stereocenters. The summed E-state index contributed by atoms with van der Waals surface area (Å²) in [5.41, 5.74) is 4.40. The Labute approximate surface area is 137 Å². The zero-order valence-electron chi connectivity index (χ0n) is 12.5. The molecule has 0 aliphatic heterocycles. The van der Waals surface area contributed by atoms with Gasteiger partial charge in [-0.25, -0.2) is 13.5 Å². The molecule has 0 aliphatic carbocycles. The van der Waals surface area contributed by atoms with Crippen molar-refractivity contribution < 1.29 is 35.9 Å². The van der Waals surface area contributed by atoms with Gasteiger partial charge in [0.2, 0.25) is 5.88 Å². The number of nitrogens with zero attached hydrogens (tertiary/aromatic N) is 2. The molecule has 2 N–H and O–H groups in total. The van der Waals surface area contributed by atoms with Crippen molar-refractivity contribution in [2.24, 2.45) is 12.8 Å². The van der Waals surface area contributed by atoms with Crippen molar-refractivity contribution in [3.05, 3.63) is 35.9 Å². The van der Waals surface area contributed by atoms with Gasteiger partial charge in [-0.2, -0.15) is 22.7 Å². The van der Waals surface area contributed by atoms with Crippen LogP contribution in [0, 0.1) is 0 Å². The molecule has 25 heavy (non-hydrogen) atoms. The van der Waals surface area contributed by atoms with Crippen LogP contribution < -0.4 is 10.5 Å². The van der Waals surface area contributed by atoms with Gasteiger partial charge in [0.25, 0.3) is 5.91 Å². The van der Waals surface area contributed by atoms with Crippen molar-refractivity contribution >= 4 is 5.91 Å². The van der Waals surface area contributed by atoms with E-state index in [-0.39, 0.29) is 11.3 Å². The number of benzene rings is 1. The fourth-order valence-electron chi connectivity index (χ4n) is 1.96. The molecule has 2 aromatic rings. The third-order valence-corrected chi connectivity index (χ3v) is 3.18. The van der Waals surface area contributed by atoms with Crippen molar-refractivity contribution in [1.82, 2.24) is 9.78 Å². The molecule has 11 heteroatoms. The van der Waals surface area contributed by atoms with Gasteiger partial charge in [0.1, 0.15) is 11.3 Å². The molecule has 0 radical (unpaired) electrons. The molecule has 1 aromatic heterocycles. The molecule has 1 aromatic carbocycles. The number of carbonyl (C=O) groups is 1. The minimum Gasteiger partial charge on any atom is -0.409 e. The Morgan fingerprint density at radius 1 is 1.20 bits per heavy atom. The predicted molar refractivity (Wildman–Crippen MR) is 73.7 cm³/mol. The van der Waals surface area contributed by atoms with Crippen LogP contribution in [0.15, 0.2) is 30.3 Å². The average Bonchev–Trinajstić information content (AvgIpc) is 2.84. The molecule has 0 spiro atoms. The Bertz CT molecular complexity index is 776. The fourth-order valence-corrected chi connectivity index (χ4v) is 1.96. The monoisotopic (exact) mass is 367 g/mol. The van der Waals surface area contributed by atoms with Gasteiger partial charge < -0.3 is 10.5 Å². The average molecular weight is 367 g/mol.